The first kappa shape index (κ1) is 14.4. The molecule has 4 saturated heterocycles. The van der Waals surface area contributed by atoms with E-state index in [9.17, 15) is 0 Å². The average Bonchev–Trinajstić information content (AvgIpc) is 2.79. The van der Waals surface area contributed by atoms with Gasteiger partial charge in [0.1, 0.15) is 0 Å². The molecule has 1 aromatic carbocycles. The summed E-state index contributed by atoms with van der Waals surface area (Å²) in [7, 11) is 1.90. The third-order valence-electron chi connectivity index (χ3n) is 5.66. The zero-order chi connectivity index (χ0) is 15.2. The summed E-state index contributed by atoms with van der Waals surface area (Å²) in [6.07, 6.45) is 0. The lowest BCUT2D eigenvalue weighted by Crippen LogP contribution is -2.71. The van der Waals surface area contributed by atoms with Crippen LogP contribution < -0.4 is 10.6 Å². The van der Waals surface area contributed by atoms with Crippen LogP contribution in [0, 0.1) is 5.92 Å². The Balaban J connectivity index is 1.77. The molecule has 22 heavy (non-hydrogen) atoms. The van der Waals surface area contributed by atoms with Gasteiger partial charge in [-0.15, -0.1) is 0 Å². The highest BCUT2D eigenvalue weighted by Gasteiger charge is 2.55. The molecule has 118 valence electrons. The van der Waals surface area contributed by atoms with Crippen LogP contribution in [0.15, 0.2) is 30.3 Å². The SMILES string of the molecule is CNC(=S)N[C@@H]1C2CN3CCN(C2)CC1(c1ccccc1)C3. The third kappa shape index (κ3) is 2.23. The minimum Gasteiger partial charge on any atom is -0.366 e. The number of hydrogen-bond acceptors (Lipinski definition) is 3. The van der Waals surface area contributed by atoms with Crippen LogP contribution in [-0.2, 0) is 5.41 Å². The van der Waals surface area contributed by atoms with Crippen molar-refractivity contribution in [2.45, 2.75) is 11.5 Å². The number of rotatable bonds is 2. The summed E-state index contributed by atoms with van der Waals surface area (Å²) < 4.78 is 0. The fourth-order valence-electron chi connectivity index (χ4n) is 4.78. The predicted molar refractivity (Wildman–Crippen MR) is 93.1 cm³/mol. The van der Waals surface area contributed by atoms with Crippen LogP contribution >= 0.6 is 12.2 Å². The number of hydrogen-bond donors (Lipinski definition) is 2. The molecule has 4 nitrogen and oxygen atoms in total. The maximum atomic E-state index is 5.44. The Morgan fingerprint density at radius 1 is 1.14 bits per heavy atom. The van der Waals surface area contributed by atoms with E-state index in [1.165, 1.54) is 31.7 Å². The van der Waals surface area contributed by atoms with Crippen LogP contribution in [-0.4, -0.2) is 67.3 Å². The van der Waals surface area contributed by atoms with Crippen molar-refractivity contribution in [3.05, 3.63) is 35.9 Å². The average molecular weight is 316 g/mol. The molecule has 1 aromatic rings. The highest BCUT2D eigenvalue weighted by Crippen LogP contribution is 2.43. The second-order valence-corrected chi connectivity index (χ2v) is 7.36. The molecule has 0 aliphatic carbocycles. The Hall–Kier alpha value is -1.17. The van der Waals surface area contributed by atoms with E-state index in [1.54, 1.807) is 0 Å². The number of nitrogens with one attached hydrogen (secondary N) is 2. The molecule has 4 fully saturated rings. The van der Waals surface area contributed by atoms with E-state index in [-0.39, 0.29) is 5.41 Å². The van der Waals surface area contributed by atoms with Crippen LogP contribution in [0.5, 0.6) is 0 Å². The molecule has 0 radical (unpaired) electrons. The third-order valence-corrected chi connectivity index (χ3v) is 5.98. The number of piperidine rings is 2. The summed E-state index contributed by atoms with van der Waals surface area (Å²) in [5, 5.41) is 7.52. The van der Waals surface area contributed by atoms with Crippen molar-refractivity contribution >= 4 is 17.3 Å². The monoisotopic (exact) mass is 316 g/mol. The molecule has 0 amide bonds. The van der Waals surface area contributed by atoms with E-state index in [4.69, 9.17) is 12.2 Å². The number of fused-ring (bicyclic) bond motifs is 1. The Morgan fingerprint density at radius 2 is 1.77 bits per heavy atom. The van der Waals surface area contributed by atoms with Gasteiger partial charge in [0.05, 0.1) is 0 Å². The van der Waals surface area contributed by atoms with Gasteiger partial charge in [0.15, 0.2) is 5.11 Å². The topological polar surface area (TPSA) is 30.5 Å². The van der Waals surface area contributed by atoms with Gasteiger partial charge in [0.2, 0.25) is 0 Å². The van der Waals surface area contributed by atoms with Crippen LogP contribution in [0.2, 0.25) is 0 Å². The van der Waals surface area contributed by atoms with Gasteiger partial charge in [-0.1, -0.05) is 30.3 Å². The van der Waals surface area contributed by atoms with E-state index in [0.29, 0.717) is 12.0 Å². The maximum absolute atomic E-state index is 5.44. The molecule has 4 aliphatic heterocycles. The molecule has 3 atom stereocenters. The molecule has 2 unspecified atom stereocenters. The van der Waals surface area contributed by atoms with Gasteiger partial charge in [-0.2, -0.15) is 0 Å². The standard InChI is InChI=1S/C17H24N4S/c1-18-16(22)19-15-13-9-20-7-8-21(10-13)12-17(15,11-20)14-5-3-2-4-6-14/h2-6,13,15H,7-12H2,1H3,(H2,18,19,22)/t13?,15-,17?/m1/s1. The van der Waals surface area contributed by atoms with Crippen LogP contribution in [0.25, 0.3) is 0 Å². The Kier molecular flexibility index (Phi) is 3.59. The maximum Gasteiger partial charge on any atom is 0.166 e. The van der Waals surface area contributed by atoms with Gasteiger partial charge in [0, 0.05) is 63.7 Å². The molecule has 0 saturated carbocycles. The molecule has 0 aromatic heterocycles. The number of nitrogens with zero attached hydrogens (tertiary/aromatic N) is 2. The van der Waals surface area contributed by atoms with Crippen molar-refractivity contribution in [1.29, 1.82) is 0 Å². The second kappa shape index (κ2) is 5.48. The van der Waals surface area contributed by atoms with Gasteiger partial charge in [0.25, 0.3) is 0 Å². The molecular formula is C17H24N4S. The zero-order valence-corrected chi connectivity index (χ0v) is 13.9. The van der Waals surface area contributed by atoms with Crippen molar-refractivity contribution in [2.75, 3.05) is 46.3 Å². The quantitative estimate of drug-likeness (QED) is 0.783. The first-order valence-corrected chi connectivity index (χ1v) is 8.60. The summed E-state index contributed by atoms with van der Waals surface area (Å²) in [6.45, 7) is 7.05. The fraction of sp³-hybridized carbons (Fsp3) is 0.588. The molecular weight excluding hydrogens is 292 g/mol. The lowest BCUT2D eigenvalue weighted by atomic mass is 9.64. The highest BCUT2D eigenvalue weighted by molar-refractivity contribution is 7.80. The summed E-state index contributed by atoms with van der Waals surface area (Å²) in [4.78, 5) is 5.32. The Labute approximate surface area is 137 Å². The zero-order valence-electron chi connectivity index (χ0n) is 13.1. The molecule has 4 heterocycles. The first-order chi connectivity index (χ1) is 10.7. The van der Waals surface area contributed by atoms with E-state index in [0.717, 1.165) is 18.2 Å². The van der Waals surface area contributed by atoms with Crippen LogP contribution in [0.1, 0.15) is 5.56 Å². The molecule has 5 heteroatoms. The second-order valence-electron chi connectivity index (χ2n) is 6.95. The Morgan fingerprint density at radius 3 is 2.36 bits per heavy atom. The fourth-order valence-corrected chi connectivity index (χ4v) is 4.91. The van der Waals surface area contributed by atoms with Crippen molar-refractivity contribution < 1.29 is 0 Å². The molecule has 4 bridgehead atoms. The summed E-state index contributed by atoms with van der Waals surface area (Å²) >= 11 is 5.44. The Bertz CT molecular complexity index is 545. The summed E-state index contributed by atoms with van der Waals surface area (Å²) in [6, 6.07) is 11.5. The first-order valence-electron chi connectivity index (χ1n) is 8.20. The van der Waals surface area contributed by atoms with E-state index in [1.807, 2.05) is 7.05 Å². The van der Waals surface area contributed by atoms with E-state index in [2.05, 4.69) is 50.8 Å². The van der Waals surface area contributed by atoms with Crippen molar-refractivity contribution in [1.82, 2.24) is 20.4 Å². The van der Waals surface area contributed by atoms with Gasteiger partial charge in [-0.05, 0) is 17.8 Å². The van der Waals surface area contributed by atoms with E-state index >= 15 is 0 Å². The smallest absolute Gasteiger partial charge is 0.166 e. The number of benzene rings is 1. The van der Waals surface area contributed by atoms with Crippen molar-refractivity contribution in [3.8, 4) is 0 Å². The van der Waals surface area contributed by atoms with Gasteiger partial charge < -0.3 is 20.4 Å². The van der Waals surface area contributed by atoms with Crippen LogP contribution in [0.3, 0.4) is 0 Å². The van der Waals surface area contributed by atoms with Gasteiger partial charge in [-0.25, -0.2) is 0 Å². The minimum absolute atomic E-state index is 0.139. The molecule has 0 spiro atoms. The normalized spacial score (nSPS) is 39.3. The molecule has 2 N–H and O–H groups in total. The van der Waals surface area contributed by atoms with Gasteiger partial charge >= 0.3 is 0 Å². The highest BCUT2D eigenvalue weighted by atomic mass is 32.1. The molecule has 4 aliphatic rings. The summed E-state index contributed by atoms with van der Waals surface area (Å²) in [5.41, 5.74) is 1.59. The largest absolute Gasteiger partial charge is 0.366 e. The van der Waals surface area contributed by atoms with Crippen molar-refractivity contribution in [3.63, 3.8) is 0 Å². The lowest BCUT2D eigenvalue weighted by molar-refractivity contribution is 0.0266. The lowest BCUT2D eigenvalue weighted by Gasteiger charge is -2.56. The summed E-state index contributed by atoms with van der Waals surface area (Å²) in [5.74, 6) is 0.636. The van der Waals surface area contributed by atoms with E-state index < -0.39 is 0 Å². The van der Waals surface area contributed by atoms with Gasteiger partial charge in [-0.3, -0.25) is 0 Å². The number of thiocarbonyl (C=S) groups is 1. The predicted octanol–water partition coefficient (Wildman–Crippen LogP) is 0.648. The van der Waals surface area contributed by atoms with Crippen LogP contribution in [0.4, 0.5) is 0 Å². The minimum atomic E-state index is 0.139. The van der Waals surface area contributed by atoms with Crippen molar-refractivity contribution in [2.24, 2.45) is 5.92 Å². The molecule has 5 rings (SSSR count).